The van der Waals surface area contributed by atoms with Crippen LogP contribution in [-0.2, 0) is 9.59 Å². The quantitative estimate of drug-likeness (QED) is 0.772. The molecule has 0 N–H and O–H groups in total. The maximum atomic E-state index is 13.0. The first-order chi connectivity index (χ1) is 13.5. The van der Waals surface area contributed by atoms with E-state index in [2.05, 4.69) is 24.0 Å². The Morgan fingerprint density at radius 2 is 1.54 bits per heavy atom. The Hall–Kier alpha value is -3.15. The van der Waals surface area contributed by atoms with E-state index in [-0.39, 0.29) is 30.6 Å². The monoisotopic (exact) mass is 377 g/mol. The minimum absolute atomic E-state index is 0.0645. The Bertz CT molecular complexity index is 916. The molecule has 0 unspecified atom stereocenters. The fourth-order valence-electron chi connectivity index (χ4n) is 3.89. The second-order valence-corrected chi connectivity index (χ2v) is 7.24. The van der Waals surface area contributed by atoms with Crippen molar-refractivity contribution in [3.05, 3.63) is 59.7 Å². The summed E-state index contributed by atoms with van der Waals surface area (Å²) in [7, 11) is 0. The van der Waals surface area contributed by atoms with Gasteiger partial charge in [-0.2, -0.15) is 0 Å². The predicted molar refractivity (Wildman–Crippen MR) is 107 cm³/mol. The third-order valence-electron chi connectivity index (χ3n) is 5.43. The first-order valence-corrected chi connectivity index (χ1v) is 9.60. The number of hydrogen-bond acceptors (Lipinski definition) is 4. The lowest BCUT2D eigenvalue weighted by atomic mass is 10.1. The topological polar surface area (TPSA) is 60.9 Å². The maximum absolute atomic E-state index is 13.0. The van der Waals surface area contributed by atoms with E-state index >= 15 is 0 Å². The molecule has 2 saturated heterocycles. The number of piperazine rings is 1. The van der Waals surface area contributed by atoms with Crippen LogP contribution >= 0.6 is 0 Å². The third kappa shape index (κ3) is 3.38. The third-order valence-corrected chi connectivity index (χ3v) is 5.43. The van der Waals surface area contributed by atoms with Crippen molar-refractivity contribution in [2.45, 2.75) is 19.8 Å². The molecular weight excluding hydrogens is 354 g/mol. The standard InChI is InChI=1S/C22H23N3O3/c1-16-5-2-3-8-19(16)23-11-13-24(14-12-23)22(28)17-6-4-7-18(15-17)25-20(26)9-10-21(25)27/h2-8,15H,9-14H2,1H3. The van der Waals surface area contributed by atoms with Crippen molar-refractivity contribution in [2.75, 3.05) is 36.0 Å². The zero-order chi connectivity index (χ0) is 19.7. The van der Waals surface area contributed by atoms with Gasteiger partial charge in [0.2, 0.25) is 11.8 Å². The highest BCUT2D eigenvalue weighted by atomic mass is 16.2. The molecule has 0 radical (unpaired) electrons. The summed E-state index contributed by atoms with van der Waals surface area (Å²) in [6.45, 7) is 4.93. The molecule has 28 heavy (non-hydrogen) atoms. The lowest BCUT2D eigenvalue weighted by Crippen LogP contribution is -2.49. The van der Waals surface area contributed by atoms with Gasteiger partial charge in [0, 0.05) is 50.3 Å². The minimum Gasteiger partial charge on any atom is -0.368 e. The molecule has 2 heterocycles. The Kier molecular flexibility index (Phi) is 4.86. The summed E-state index contributed by atoms with van der Waals surface area (Å²) in [4.78, 5) is 42.2. The SMILES string of the molecule is Cc1ccccc1N1CCN(C(=O)c2cccc(N3C(=O)CCC3=O)c2)CC1. The number of imide groups is 1. The molecule has 2 aromatic carbocycles. The van der Waals surface area contributed by atoms with Crippen LogP contribution in [0.25, 0.3) is 0 Å². The molecule has 2 fully saturated rings. The van der Waals surface area contributed by atoms with E-state index in [9.17, 15) is 14.4 Å². The van der Waals surface area contributed by atoms with E-state index in [0.29, 0.717) is 24.3 Å². The summed E-state index contributed by atoms with van der Waals surface area (Å²) in [5.74, 6) is -0.478. The van der Waals surface area contributed by atoms with Gasteiger partial charge in [0.1, 0.15) is 0 Å². The van der Waals surface area contributed by atoms with Crippen LogP contribution in [0.1, 0.15) is 28.8 Å². The fraction of sp³-hybridized carbons (Fsp3) is 0.318. The summed E-state index contributed by atoms with van der Waals surface area (Å²) in [6.07, 6.45) is 0.468. The van der Waals surface area contributed by atoms with Gasteiger partial charge in [0.05, 0.1) is 5.69 Å². The lowest BCUT2D eigenvalue weighted by Gasteiger charge is -2.37. The highest BCUT2D eigenvalue weighted by Crippen LogP contribution is 2.25. The molecule has 0 bridgehead atoms. The molecule has 0 aromatic heterocycles. The van der Waals surface area contributed by atoms with Crippen molar-refractivity contribution in [1.82, 2.24) is 4.90 Å². The maximum Gasteiger partial charge on any atom is 0.254 e. The average Bonchev–Trinajstić information content (AvgIpc) is 3.06. The number of para-hydroxylation sites is 1. The molecule has 0 saturated carbocycles. The largest absolute Gasteiger partial charge is 0.368 e. The Balaban J connectivity index is 1.46. The number of hydrogen-bond donors (Lipinski definition) is 0. The normalized spacial score (nSPS) is 17.4. The minimum atomic E-state index is -0.207. The van der Waals surface area contributed by atoms with Gasteiger partial charge < -0.3 is 9.80 Å². The first kappa shape index (κ1) is 18.2. The molecule has 4 rings (SSSR count). The second kappa shape index (κ2) is 7.46. The first-order valence-electron chi connectivity index (χ1n) is 9.60. The lowest BCUT2D eigenvalue weighted by molar-refractivity contribution is -0.121. The summed E-state index contributed by atoms with van der Waals surface area (Å²) in [5, 5.41) is 0. The molecule has 2 aliphatic rings. The number of carbonyl (C=O) groups excluding carboxylic acids is 3. The predicted octanol–water partition coefficient (Wildman–Crippen LogP) is 2.61. The van der Waals surface area contributed by atoms with Crippen LogP contribution in [0.5, 0.6) is 0 Å². The van der Waals surface area contributed by atoms with E-state index in [0.717, 1.165) is 13.1 Å². The van der Waals surface area contributed by atoms with Crippen molar-refractivity contribution < 1.29 is 14.4 Å². The molecule has 0 aliphatic carbocycles. The van der Waals surface area contributed by atoms with Crippen molar-refractivity contribution in [3.8, 4) is 0 Å². The number of benzene rings is 2. The number of nitrogens with zero attached hydrogens (tertiary/aromatic N) is 3. The van der Waals surface area contributed by atoms with Crippen LogP contribution < -0.4 is 9.80 Å². The van der Waals surface area contributed by atoms with E-state index in [1.165, 1.54) is 16.2 Å². The molecule has 144 valence electrons. The van der Waals surface area contributed by atoms with Crippen LogP contribution in [0.2, 0.25) is 0 Å². The zero-order valence-corrected chi connectivity index (χ0v) is 15.9. The summed E-state index contributed by atoms with van der Waals surface area (Å²) < 4.78 is 0. The molecule has 2 aliphatic heterocycles. The van der Waals surface area contributed by atoms with Gasteiger partial charge in [-0.25, -0.2) is 0 Å². The van der Waals surface area contributed by atoms with E-state index in [1.54, 1.807) is 24.3 Å². The molecular formula is C22H23N3O3. The van der Waals surface area contributed by atoms with Gasteiger partial charge in [0.25, 0.3) is 5.91 Å². The van der Waals surface area contributed by atoms with Crippen LogP contribution in [0.4, 0.5) is 11.4 Å². The number of anilines is 2. The van der Waals surface area contributed by atoms with E-state index in [4.69, 9.17) is 0 Å². The molecule has 2 aromatic rings. The zero-order valence-electron chi connectivity index (χ0n) is 15.9. The number of aryl methyl sites for hydroxylation is 1. The Labute approximate surface area is 164 Å². The van der Waals surface area contributed by atoms with Gasteiger partial charge in [-0.05, 0) is 36.8 Å². The Morgan fingerprint density at radius 1 is 0.857 bits per heavy atom. The van der Waals surface area contributed by atoms with E-state index < -0.39 is 0 Å². The highest BCUT2D eigenvalue weighted by Gasteiger charge is 2.31. The number of amides is 3. The van der Waals surface area contributed by atoms with Gasteiger partial charge in [-0.1, -0.05) is 24.3 Å². The van der Waals surface area contributed by atoms with Crippen LogP contribution in [-0.4, -0.2) is 48.8 Å². The van der Waals surface area contributed by atoms with Gasteiger partial charge in [-0.15, -0.1) is 0 Å². The number of rotatable bonds is 3. The second-order valence-electron chi connectivity index (χ2n) is 7.24. The van der Waals surface area contributed by atoms with Crippen LogP contribution in [0.3, 0.4) is 0 Å². The molecule has 6 nitrogen and oxygen atoms in total. The highest BCUT2D eigenvalue weighted by molar-refractivity contribution is 6.20. The van der Waals surface area contributed by atoms with Gasteiger partial charge >= 0.3 is 0 Å². The van der Waals surface area contributed by atoms with Crippen LogP contribution in [0, 0.1) is 6.92 Å². The fourth-order valence-corrected chi connectivity index (χ4v) is 3.89. The average molecular weight is 377 g/mol. The molecule has 0 spiro atoms. The van der Waals surface area contributed by atoms with Crippen molar-refractivity contribution in [2.24, 2.45) is 0 Å². The summed E-state index contributed by atoms with van der Waals surface area (Å²) in [6, 6.07) is 15.1. The van der Waals surface area contributed by atoms with Crippen molar-refractivity contribution in [1.29, 1.82) is 0 Å². The smallest absolute Gasteiger partial charge is 0.254 e. The summed E-state index contributed by atoms with van der Waals surface area (Å²) >= 11 is 0. The molecule has 0 atom stereocenters. The van der Waals surface area contributed by atoms with E-state index in [1.807, 2.05) is 17.0 Å². The Morgan fingerprint density at radius 3 is 2.21 bits per heavy atom. The molecule has 3 amide bonds. The van der Waals surface area contributed by atoms with Crippen molar-refractivity contribution >= 4 is 29.1 Å². The van der Waals surface area contributed by atoms with Crippen molar-refractivity contribution in [3.63, 3.8) is 0 Å². The van der Waals surface area contributed by atoms with Gasteiger partial charge in [0.15, 0.2) is 0 Å². The number of carbonyl (C=O) groups is 3. The molecule has 6 heteroatoms. The van der Waals surface area contributed by atoms with Gasteiger partial charge in [-0.3, -0.25) is 19.3 Å². The summed E-state index contributed by atoms with van der Waals surface area (Å²) in [5.41, 5.74) is 3.43. The van der Waals surface area contributed by atoms with Crippen LogP contribution in [0.15, 0.2) is 48.5 Å².